The number of carbonyl (C=O) groups is 2. The first kappa shape index (κ1) is 21.0. The van der Waals surface area contributed by atoms with E-state index >= 15 is 0 Å². The number of nitrogens with one attached hydrogen (secondary N) is 1. The maximum absolute atomic E-state index is 12.6. The van der Waals surface area contributed by atoms with Crippen LogP contribution in [-0.2, 0) is 5.41 Å². The highest BCUT2D eigenvalue weighted by atomic mass is 32.2. The monoisotopic (exact) mass is 411 g/mol. The number of benzene rings is 1. The number of H-pyrrole nitrogens is 1. The molecule has 6 nitrogen and oxygen atoms in total. The highest BCUT2D eigenvalue weighted by Crippen LogP contribution is 2.28. The fraction of sp³-hybridized carbons (Fsp3) is 0.364. The van der Waals surface area contributed by atoms with Gasteiger partial charge < -0.3 is 9.40 Å². The SMILES string of the molecule is CC(=O)c1c(C)[nH]c(C(=O)CSc2nnc(-c3ccc(C(C)(C)C)cc3)o2)c1C. The van der Waals surface area contributed by atoms with Crippen LogP contribution < -0.4 is 0 Å². The predicted octanol–water partition coefficient (Wildman–Crippen LogP) is 5.16. The Kier molecular flexibility index (Phi) is 5.80. The zero-order chi connectivity index (χ0) is 21.3. The van der Waals surface area contributed by atoms with E-state index in [-0.39, 0.29) is 22.7 Å². The largest absolute Gasteiger partial charge is 0.411 e. The van der Waals surface area contributed by atoms with Crippen LogP contribution in [-0.4, -0.2) is 32.5 Å². The average molecular weight is 412 g/mol. The zero-order valence-electron chi connectivity index (χ0n) is 17.5. The van der Waals surface area contributed by atoms with Crippen LogP contribution in [0.4, 0.5) is 0 Å². The van der Waals surface area contributed by atoms with Crippen molar-refractivity contribution in [1.29, 1.82) is 0 Å². The topological polar surface area (TPSA) is 88.9 Å². The third-order valence-corrected chi connectivity index (χ3v) is 5.62. The van der Waals surface area contributed by atoms with E-state index < -0.39 is 0 Å². The van der Waals surface area contributed by atoms with Crippen LogP contribution in [0.5, 0.6) is 0 Å². The summed E-state index contributed by atoms with van der Waals surface area (Å²) in [5.74, 6) is 0.397. The molecule has 0 saturated heterocycles. The molecule has 0 aliphatic heterocycles. The third kappa shape index (κ3) is 4.50. The van der Waals surface area contributed by atoms with Gasteiger partial charge in [-0.3, -0.25) is 9.59 Å². The predicted molar refractivity (Wildman–Crippen MR) is 114 cm³/mol. The van der Waals surface area contributed by atoms with Crippen molar-refractivity contribution in [3.05, 3.63) is 52.3 Å². The first-order valence-corrected chi connectivity index (χ1v) is 10.4. The molecule has 152 valence electrons. The second-order valence-electron chi connectivity index (χ2n) is 8.09. The summed E-state index contributed by atoms with van der Waals surface area (Å²) in [4.78, 5) is 27.4. The lowest BCUT2D eigenvalue weighted by Gasteiger charge is -2.18. The second kappa shape index (κ2) is 7.99. The number of hydrogen-bond acceptors (Lipinski definition) is 6. The maximum atomic E-state index is 12.6. The molecule has 3 rings (SSSR count). The Labute approximate surface area is 174 Å². The fourth-order valence-electron chi connectivity index (χ4n) is 3.25. The summed E-state index contributed by atoms with van der Waals surface area (Å²) in [6.07, 6.45) is 0. The minimum Gasteiger partial charge on any atom is -0.411 e. The van der Waals surface area contributed by atoms with Crippen LogP contribution in [0.15, 0.2) is 33.9 Å². The van der Waals surface area contributed by atoms with Crippen molar-refractivity contribution in [2.45, 2.75) is 52.2 Å². The summed E-state index contributed by atoms with van der Waals surface area (Å²) in [6.45, 7) is 11.6. The Morgan fingerprint density at radius 3 is 2.31 bits per heavy atom. The molecule has 29 heavy (non-hydrogen) atoms. The second-order valence-corrected chi connectivity index (χ2v) is 9.02. The molecule has 0 saturated carbocycles. The van der Waals surface area contributed by atoms with E-state index in [0.29, 0.717) is 33.6 Å². The molecule has 0 fully saturated rings. The van der Waals surface area contributed by atoms with Gasteiger partial charge in [0.2, 0.25) is 5.89 Å². The van der Waals surface area contributed by atoms with E-state index in [1.165, 1.54) is 24.2 Å². The van der Waals surface area contributed by atoms with Crippen LogP contribution in [0.1, 0.15) is 65.4 Å². The summed E-state index contributed by atoms with van der Waals surface area (Å²) < 4.78 is 5.70. The van der Waals surface area contributed by atoms with Gasteiger partial charge in [0.05, 0.1) is 11.4 Å². The van der Waals surface area contributed by atoms with E-state index in [4.69, 9.17) is 4.42 Å². The Bertz CT molecular complexity index is 1060. The summed E-state index contributed by atoms with van der Waals surface area (Å²) in [5.41, 5.74) is 4.57. The molecule has 1 N–H and O–H groups in total. The van der Waals surface area contributed by atoms with Crippen LogP contribution in [0.25, 0.3) is 11.5 Å². The number of nitrogens with zero attached hydrogens (tertiary/aromatic N) is 2. The zero-order valence-corrected chi connectivity index (χ0v) is 18.4. The normalized spacial score (nSPS) is 11.7. The lowest BCUT2D eigenvalue weighted by atomic mass is 9.87. The third-order valence-electron chi connectivity index (χ3n) is 4.80. The number of hydrogen-bond donors (Lipinski definition) is 1. The van der Waals surface area contributed by atoms with Gasteiger partial charge >= 0.3 is 0 Å². The van der Waals surface area contributed by atoms with Crippen molar-refractivity contribution >= 4 is 23.3 Å². The highest BCUT2D eigenvalue weighted by molar-refractivity contribution is 7.99. The van der Waals surface area contributed by atoms with E-state index in [1.807, 2.05) is 12.1 Å². The summed E-state index contributed by atoms with van der Waals surface area (Å²) >= 11 is 1.18. The molecule has 0 aliphatic rings. The van der Waals surface area contributed by atoms with Crippen LogP contribution in [0.2, 0.25) is 0 Å². The van der Waals surface area contributed by atoms with Gasteiger partial charge in [-0.1, -0.05) is 44.7 Å². The van der Waals surface area contributed by atoms with Crippen molar-refractivity contribution in [3.8, 4) is 11.5 Å². The number of aromatic nitrogens is 3. The Morgan fingerprint density at radius 1 is 1.10 bits per heavy atom. The molecule has 2 heterocycles. The van der Waals surface area contributed by atoms with E-state index in [0.717, 1.165) is 5.56 Å². The molecular weight excluding hydrogens is 386 g/mol. The Morgan fingerprint density at radius 2 is 1.76 bits per heavy atom. The van der Waals surface area contributed by atoms with E-state index in [9.17, 15) is 9.59 Å². The van der Waals surface area contributed by atoms with Crippen molar-refractivity contribution in [3.63, 3.8) is 0 Å². The molecule has 0 amide bonds. The molecule has 0 spiro atoms. The molecule has 7 heteroatoms. The quantitative estimate of drug-likeness (QED) is 0.445. The molecule has 3 aromatic rings. The highest BCUT2D eigenvalue weighted by Gasteiger charge is 2.21. The number of aryl methyl sites for hydroxylation is 1. The van der Waals surface area contributed by atoms with Gasteiger partial charge in [0.25, 0.3) is 5.22 Å². The fourth-order valence-corrected chi connectivity index (χ4v) is 3.89. The molecule has 2 aromatic heterocycles. The first-order valence-electron chi connectivity index (χ1n) is 9.38. The lowest BCUT2D eigenvalue weighted by Crippen LogP contribution is -2.10. The van der Waals surface area contributed by atoms with Gasteiger partial charge in [-0.15, -0.1) is 10.2 Å². The lowest BCUT2D eigenvalue weighted by molar-refractivity contribution is 0.101. The maximum Gasteiger partial charge on any atom is 0.277 e. The first-order chi connectivity index (χ1) is 13.6. The van der Waals surface area contributed by atoms with Gasteiger partial charge in [0.1, 0.15) is 0 Å². The summed E-state index contributed by atoms with van der Waals surface area (Å²) in [6, 6.07) is 8.03. The minimum atomic E-state index is -0.114. The average Bonchev–Trinajstić information content (AvgIpc) is 3.23. The van der Waals surface area contributed by atoms with Gasteiger partial charge in [0, 0.05) is 16.8 Å². The van der Waals surface area contributed by atoms with Crippen molar-refractivity contribution in [2.24, 2.45) is 0 Å². The summed E-state index contributed by atoms with van der Waals surface area (Å²) in [7, 11) is 0. The van der Waals surface area contributed by atoms with Crippen LogP contribution in [0, 0.1) is 13.8 Å². The minimum absolute atomic E-state index is 0.0537. The van der Waals surface area contributed by atoms with E-state index in [1.54, 1.807) is 13.8 Å². The molecule has 0 atom stereocenters. The number of aromatic amines is 1. The Hall–Kier alpha value is -2.67. The number of Topliss-reactive ketones (excluding diaryl/α,β-unsaturated/α-hetero) is 2. The standard InChI is InChI=1S/C22H25N3O3S/c1-12-18(14(3)26)13(2)23-19(12)17(27)11-29-21-25-24-20(28-21)15-7-9-16(10-8-15)22(4,5)6/h7-10,23H,11H2,1-6H3. The van der Waals surface area contributed by atoms with E-state index in [2.05, 4.69) is 48.1 Å². The number of ketones is 2. The smallest absolute Gasteiger partial charge is 0.277 e. The number of rotatable bonds is 6. The van der Waals surface area contributed by atoms with Crippen molar-refractivity contribution in [2.75, 3.05) is 5.75 Å². The van der Waals surface area contributed by atoms with Crippen LogP contribution >= 0.6 is 11.8 Å². The molecule has 0 aliphatic carbocycles. The van der Waals surface area contributed by atoms with Crippen molar-refractivity contribution in [1.82, 2.24) is 15.2 Å². The van der Waals surface area contributed by atoms with Gasteiger partial charge in [0.15, 0.2) is 11.6 Å². The molecular formula is C22H25N3O3S. The molecule has 0 unspecified atom stereocenters. The molecule has 1 aromatic carbocycles. The molecule has 0 bridgehead atoms. The molecule has 0 radical (unpaired) electrons. The van der Waals surface area contributed by atoms with Gasteiger partial charge in [-0.25, -0.2) is 0 Å². The summed E-state index contributed by atoms with van der Waals surface area (Å²) in [5, 5.41) is 8.45. The van der Waals surface area contributed by atoms with Gasteiger partial charge in [-0.2, -0.15) is 0 Å². The Balaban J connectivity index is 1.69. The van der Waals surface area contributed by atoms with Crippen LogP contribution in [0.3, 0.4) is 0 Å². The van der Waals surface area contributed by atoms with Gasteiger partial charge in [-0.05, 0) is 49.4 Å². The number of carbonyl (C=O) groups excluding carboxylic acids is 2. The number of thioether (sulfide) groups is 1. The van der Waals surface area contributed by atoms with Crippen molar-refractivity contribution < 1.29 is 14.0 Å².